The minimum absolute atomic E-state index is 0.202. The van der Waals surface area contributed by atoms with Crippen LogP contribution in [0.15, 0.2) is 315 Å². The van der Waals surface area contributed by atoms with Crippen molar-refractivity contribution in [2.45, 2.75) is 38.9 Å². The van der Waals surface area contributed by atoms with Crippen LogP contribution in [0.5, 0.6) is 0 Å². The van der Waals surface area contributed by atoms with Crippen LogP contribution in [-0.2, 0) is 9.31 Å². The van der Waals surface area contributed by atoms with Crippen molar-refractivity contribution < 1.29 is 9.31 Å². The van der Waals surface area contributed by atoms with E-state index in [1.54, 1.807) is 0 Å². The maximum atomic E-state index is 6.72. The Morgan fingerprint density at radius 3 is 0.991 bits per heavy atom. The molecule has 0 N–H and O–H groups in total. The van der Waals surface area contributed by atoms with E-state index in [0.29, 0.717) is 29.1 Å². The average molecular weight is 1540 g/mol. The van der Waals surface area contributed by atoms with Crippen LogP contribution in [0.2, 0.25) is 5.28 Å². The second kappa shape index (κ2) is 27.1. The lowest BCUT2D eigenvalue weighted by molar-refractivity contribution is 0.00578. The molecule has 8 aromatic heterocycles. The van der Waals surface area contributed by atoms with Crippen LogP contribution < -0.4 is 5.46 Å². The predicted octanol–water partition coefficient (Wildman–Crippen LogP) is 26.4. The van der Waals surface area contributed by atoms with Crippen molar-refractivity contribution in [2.24, 2.45) is 0 Å². The van der Waals surface area contributed by atoms with E-state index in [0.717, 1.165) is 44.7 Å². The van der Waals surface area contributed by atoms with Gasteiger partial charge in [-0.2, -0.15) is 9.97 Å². The van der Waals surface area contributed by atoms with Gasteiger partial charge in [-0.25, -0.2) is 19.9 Å². The van der Waals surface area contributed by atoms with Crippen LogP contribution >= 0.6 is 56.9 Å². The third-order valence-electron chi connectivity index (χ3n) is 21.9. The third kappa shape index (κ3) is 11.5. The van der Waals surface area contributed by atoms with Gasteiger partial charge in [-0.15, -0.1) is 45.3 Å². The Labute approximate surface area is 664 Å². The molecule has 10 nitrogen and oxygen atoms in total. The summed E-state index contributed by atoms with van der Waals surface area (Å²) in [4.78, 5) is 28.3. The monoisotopic (exact) mass is 1530 g/mol. The van der Waals surface area contributed by atoms with Gasteiger partial charge in [0, 0.05) is 147 Å². The lowest BCUT2D eigenvalue weighted by atomic mass is 9.78. The first-order valence-electron chi connectivity index (χ1n) is 37.3. The Balaban J connectivity index is 0.000000116. The minimum Gasteiger partial charge on any atom is -0.399 e. The van der Waals surface area contributed by atoms with Crippen LogP contribution in [0.4, 0.5) is 0 Å². The van der Waals surface area contributed by atoms with Gasteiger partial charge in [-0.1, -0.05) is 231 Å². The molecule has 1 fully saturated rings. The number of rotatable bonds is 8. The van der Waals surface area contributed by atoms with Crippen molar-refractivity contribution in [3.63, 3.8) is 0 Å². The van der Waals surface area contributed by atoms with Gasteiger partial charge in [0.2, 0.25) is 5.28 Å². The predicted molar refractivity (Wildman–Crippen MR) is 474 cm³/mol. The summed E-state index contributed by atoms with van der Waals surface area (Å²) in [6.45, 7) is 8.53. The van der Waals surface area contributed by atoms with Gasteiger partial charge in [0.25, 0.3) is 0 Å². The molecule has 1 aliphatic heterocycles. The number of nitrogens with zero attached hydrogens (tertiary/aromatic N) is 8. The lowest BCUT2D eigenvalue weighted by Gasteiger charge is -2.32. The van der Waals surface area contributed by atoms with Gasteiger partial charge in [-0.3, -0.25) is 0 Å². The van der Waals surface area contributed by atoms with Crippen LogP contribution in [0, 0.1) is 0 Å². The fourth-order valence-electron chi connectivity index (χ4n) is 16.0. The van der Waals surface area contributed by atoms with E-state index in [1.165, 1.54) is 124 Å². The van der Waals surface area contributed by atoms with Crippen molar-refractivity contribution in [2.75, 3.05) is 0 Å². The highest BCUT2D eigenvalue weighted by atomic mass is 35.5. The number of halogens is 1. The zero-order valence-electron chi connectivity index (χ0n) is 61.0. The Kier molecular flexibility index (Phi) is 16.4. The average Bonchev–Trinajstić information content (AvgIpc) is 1.56. The number of hydrogen-bond acceptors (Lipinski definition) is 12. The molecule has 1 saturated heterocycles. The molecule has 1 aliphatic rings. The van der Waals surface area contributed by atoms with E-state index in [9.17, 15) is 0 Å². The second-order valence-electron chi connectivity index (χ2n) is 29.2. The zero-order valence-corrected chi connectivity index (χ0v) is 65.0. The van der Waals surface area contributed by atoms with E-state index in [-0.39, 0.29) is 5.28 Å². The highest BCUT2D eigenvalue weighted by Crippen LogP contribution is 2.50. The lowest BCUT2D eigenvalue weighted by Crippen LogP contribution is -2.41. The number of benzene rings is 14. The van der Waals surface area contributed by atoms with Crippen molar-refractivity contribution >= 4 is 194 Å². The summed E-state index contributed by atoms with van der Waals surface area (Å²) in [5.74, 6) is 3.14. The van der Waals surface area contributed by atoms with Gasteiger partial charge < -0.3 is 18.4 Å². The Hall–Kier alpha value is -12.1. The quantitative estimate of drug-likeness (QED) is 0.139. The zero-order chi connectivity index (χ0) is 74.9. The summed E-state index contributed by atoms with van der Waals surface area (Å²) in [5.41, 5.74) is 11.9. The molecule has 16 heteroatoms. The van der Waals surface area contributed by atoms with E-state index in [4.69, 9.17) is 35.9 Å². The van der Waals surface area contributed by atoms with Crippen molar-refractivity contribution in [1.82, 2.24) is 39.0 Å². The molecule has 0 amide bonds. The van der Waals surface area contributed by atoms with E-state index >= 15 is 0 Å². The number of aromatic nitrogens is 8. The van der Waals surface area contributed by atoms with Crippen molar-refractivity contribution in [1.29, 1.82) is 0 Å². The number of fused-ring (bicyclic) bond motifs is 20. The topological polar surface area (TPSA) is 106 Å². The largest absolute Gasteiger partial charge is 0.496 e. The Morgan fingerprint density at radius 2 is 0.589 bits per heavy atom. The summed E-state index contributed by atoms with van der Waals surface area (Å²) < 4.78 is 28.4. The third-order valence-corrected chi connectivity index (χ3v) is 26.8. The van der Waals surface area contributed by atoms with Gasteiger partial charge in [0.05, 0.1) is 33.3 Å². The highest BCUT2D eigenvalue weighted by molar-refractivity contribution is 7.29. The number of para-hydroxylation sites is 4. The smallest absolute Gasteiger partial charge is 0.399 e. The minimum atomic E-state index is -0.465. The van der Waals surface area contributed by atoms with Crippen LogP contribution in [0.25, 0.3) is 193 Å². The van der Waals surface area contributed by atoms with Crippen LogP contribution in [0.3, 0.4) is 0 Å². The summed E-state index contributed by atoms with van der Waals surface area (Å²) in [6.07, 6.45) is 0. The molecule has 112 heavy (non-hydrogen) atoms. The molecule has 0 bridgehead atoms. The highest BCUT2D eigenvalue weighted by Gasteiger charge is 2.52. The Bertz CT molecular complexity index is 7270. The van der Waals surface area contributed by atoms with Crippen molar-refractivity contribution in [3.05, 3.63) is 321 Å². The van der Waals surface area contributed by atoms with Gasteiger partial charge in [0.15, 0.2) is 29.1 Å². The standard InChI is InChI=1S/C45H26N4S2.C36H28BNO2S2.C15H10ClN3/c1-3-13-27(14-4-1)43-46-44(28-15-5-2-6-16-28)48-45(47-43)34-26-29(49-35-20-10-7-17-30(35)31-18-8-11-21-36(31)49)25-33-41-39(51-42(33)34)24-23-38-40(41)32-19-9-12-22-37(32)50-38;1-35(2)36(3,4)40-37(39-35)26-20-21(38-27-14-8-5-11-22(27)23-12-6-9-15-28(23)38)19-25-33-31(42-34(25)26)18-17-30-32(33)24-13-7-10-16-29(24)41-30;16-15-18-13(11-7-3-1-4-8-11)17-14(19-15)12-9-5-2-6-10-12/h1-26H;5-20H,1-4H3;1-10H. The summed E-state index contributed by atoms with van der Waals surface area (Å²) in [6, 6.07) is 111. The molecule has 534 valence electrons. The molecule has 22 aromatic rings. The maximum absolute atomic E-state index is 6.72. The number of thiophene rings is 4. The first-order chi connectivity index (χ1) is 54.9. The molecule has 0 aliphatic carbocycles. The maximum Gasteiger partial charge on any atom is 0.496 e. The van der Waals surface area contributed by atoms with Crippen LogP contribution in [-0.4, -0.2) is 57.4 Å². The van der Waals surface area contributed by atoms with Crippen molar-refractivity contribution in [3.8, 4) is 68.3 Å². The first kappa shape index (κ1) is 67.9. The molecule has 0 atom stereocenters. The van der Waals surface area contributed by atoms with E-state index in [1.807, 2.05) is 142 Å². The molecule has 23 rings (SSSR count). The van der Waals surface area contributed by atoms with E-state index < -0.39 is 18.3 Å². The molecule has 14 aromatic carbocycles. The summed E-state index contributed by atoms with van der Waals surface area (Å²) in [5, 5.41) is 15.5. The normalized spacial score (nSPS) is 13.5. The molecule has 0 spiro atoms. The fraction of sp³-hybridized carbons (Fsp3) is 0.0625. The van der Waals surface area contributed by atoms with Gasteiger partial charge in [-0.05, 0) is 124 Å². The molecular formula is C96H64BClN8O2S4. The second-order valence-corrected chi connectivity index (χ2v) is 33.8. The van der Waals surface area contributed by atoms with E-state index in [2.05, 4.69) is 270 Å². The SMILES string of the molecule is CC1(C)OB(c2cc(-n3c4ccccc4c4ccccc43)cc3c2sc2ccc4sc5ccccc5c4c23)OC1(C)C.Clc1nc(-c2ccccc2)nc(-c2ccccc2)n1.c1ccc(-c2nc(-c3ccccc3)nc(-c3cc(-n4c5ccccc5c5ccccc54)cc4c3sc3ccc5sc6ccccc6c5c34)n2)cc1. The molecule has 9 heterocycles. The molecular weight excluding hydrogens is 1470 g/mol. The summed E-state index contributed by atoms with van der Waals surface area (Å²) in [7, 11) is -0.465. The van der Waals surface area contributed by atoms with Crippen LogP contribution in [0.1, 0.15) is 27.7 Å². The van der Waals surface area contributed by atoms with Gasteiger partial charge >= 0.3 is 7.12 Å². The molecule has 0 radical (unpaired) electrons. The molecule has 0 saturated carbocycles. The summed E-state index contributed by atoms with van der Waals surface area (Å²) >= 11 is 13.4. The van der Waals surface area contributed by atoms with Gasteiger partial charge in [0.1, 0.15) is 0 Å². The fourth-order valence-corrected chi connectivity index (χ4v) is 20.8. The molecule has 0 unspecified atom stereocenters. The number of hydrogen-bond donors (Lipinski definition) is 0. The first-order valence-corrected chi connectivity index (χ1v) is 40.9. The Morgan fingerprint density at radius 1 is 0.286 bits per heavy atom.